The van der Waals surface area contributed by atoms with E-state index in [1.54, 1.807) is 0 Å². The molecule has 1 aromatic heterocycles. The topological polar surface area (TPSA) is 43.8 Å². The van der Waals surface area contributed by atoms with Gasteiger partial charge in [-0.15, -0.1) is 0 Å². The Morgan fingerprint density at radius 1 is 1.10 bits per heavy atom. The minimum Gasteiger partial charge on any atom is -0.399 e. The van der Waals surface area contributed by atoms with Crippen LogP contribution in [0.15, 0.2) is 48.5 Å². The maximum Gasteiger partial charge on any atom is 0.110 e. The number of nitrogen functional groups attached to an aromatic ring is 1. The number of hydrogen-bond donors (Lipinski definition) is 1. The Labute approximate surface area is 119 Å². The van der Waals surface area contributed by atoms with Gasteiger partial charge < -0.3 is 10.3 Å². The molecule has 0 saturated heterocycles. The van der Waals surface area contributed by atoms with Gasteiger partial charge >= 0.3 is 0 Å². The highest BCUT2D eigenvalue weighted by Gasteiger charge is 2.10. The lowest BCUT2D eigenvalue weighted by Gasteiger charge is -2.09. The first-order valence-corrected chi connectivity index (χ1v) is 7.06. The van der Waals surface area contributed by atoms with Crippen LogP contribution in [0, 0.1) is 0 Å². The second-order valence-corrected chi connectivity index (χ2v) is 5.10. The van der Waals surface area contributed by atoms with Crippen molar-refractivity contribution in [3.8, 4) is 0 Å². The highest BCUT2D eigenvalue weighted by Crippen LogP contribution is 2.19. The van der Waals surface area contributed by atoms with E-state index >= 15 is 0 Å². The highest BCUT2D eigenvalue weighted by molar-refractivity contribution is 5.76. The third kappa shape index (κ3) is 2.39. The first-order chi connectivity index (χ1) is 9.78. The van der Waals surface area contributed by atoms with Gasteiger partial charge in [0, 0.05) is 18.7 Å². The summed E-state index contributed by atoms with van der Waals surface area (Å²) in [6, 6.07) is 16.4. The van der Waals surface area contributed by atoms with Crippen LogP contribution in [-0.4, -0.2) is 9.55 Å². The monoisotopic (exact) mass is 265 g/mol. The summed E-state index contributed by atoms with van der Waals surface area (Å²) in [5, 5.41) is 0. The Morgan fingerprint density at radius 3 is 2.75 bits per heavy atom. The average molecular weight is 265 g/mol. The summed E-state index contributed by atoms with van der Waals surface area (Å²) in [7, 11) is 0. The molecule has 3 rings (SSSR count). The molecule has 3 nitrogen and oxygen atoms in total. The molecule has 2 N–H and O–H groups in total. The molecule has 0 atom stereocenters. The SMILES string of the molecule is CCCc1nc2ccccc2n1Cc1cccc(N)c1. The number of imidazole rings is 1. The molecule has 0 saturated carbocycles. The first kappa shape index (κ1) is 12.7. The molecule has 0 aliphatic heterocycles. The summed E-state index contributed by atoms with van der Waals surface area (Å²) in [4.78, 5) is 4.75. The Balaban J connectivity index is 2.06. The van der Waals surface area contributed by atoms with Crippen LogP contribution >= 0.6 is 0 Å². The molecule has 0 aliphatic carbocycles. The van der Waals surface area contributed by atoms with Crippen molar-refractivity contribution in [2.75, 3.05) is 5.73 Å². The summed E-state index contributed by atoms with van der Waals surface area (Å²) in [5.41, 5.74) is 10.2. The molecule has 3 aromatic rings. The normalized spacial score (nSPS) is 11.1. The van der Waals surface area contributed by atoms with E-state index in [9.17, 15) is 0 Å². The van der Waals surface area contributed by atoms with Crippen molar-refractivity contribution in [1.29, 1.82) is 0 Å². The summed E-state index contributed by atoms with van der Waals surface area (Å²) < 4.78 is 2.30. The Kier molecular flexibility index (Phi) is 3.42. The van der Waals surface area contributed by atoms with Crippen LogP contribution < -0.4 is 5.73 Å². The van der Waals surface area contributed by atoms with Crippen LogP contribution in [0.5, 0.6) is 0 Å². The molecular weight excluding hydrogens is 246 g/mol. The lowest BCUT2D eigenvalue weighted by molar-refractivity contribution is 0.722. The second-order valence-electron chi connectivity index (χ2n) is 5.10. The summed E-state index contributed by atoms with van der Waals surface area (Å²) >= 11 is 0. The van der Waals surface area contributed by atoms with Crippen molar-refractivity contribution in [2.24, 2.45) is 0 Å². The second kappa shape index (κ2) is 5.37. The lowest BCUT2D eigenvalue weighted by Crippen LogP contribution is -2.05. The molecule has 0 fully saturated rings. The molecule has 0 radical (unpaired) electrons. The summed E-state index contributed by atoms with van der Waals surface area (Å²) in [6.07, 6.45) is 2.09. The third-order valence-electron chi connectivity index (χ3n) is 3.50. The quantitative estimate of drug-likeness (QED) is 0.732. The van der Waals surface area contributed by atoms with E-state index in [1.807, 2.05) is 24.3 Å². The molecule has 0 unspecified atom stereocenters. The number of fused-ring (bicyclic) bond motifs is 1. The van der Waals surface area contributed by atoms with E-state index in [1.165, 1.54) is 11.1 Å². The van der Waals surface area contributed by atoms with Gasteiger partial charge in [-0.1, -0.05) is 31.2 Å². The van der Waals surface area contributed by atoms with Gasteiger partial charge in [0.2, 0.25) is 0 Å². The van der Waals surface area contributed by atoms with Gasteiger partial charge in [0.05, 0.1) is 11.0 Å². The van der Waals surface area contributed by atoms with E-state index in [2.05, 4.69) is 35.8 Å². The first-order valence-electron chi connectivity index (χ1n) is 7.06. The highest BCUT2D eigenvalue weighted by atomic mass is 15.1. The molecule has 1 heterocycles. The molecule has 3 heteroatoms. The number of nitrogens with two attached hydrogens (primary N) is 1. The van der Waals surface area contributed by atoms with Crippen LogP contribution in [0.25, 0.3) is 11.0 Å². The maximum absolute atomic E-state index is 5.87. The minimum absolute atomic E-state index is 0.809. The molecule has 102 valence electrons. The van der Waals surface area contributed by atoms with Crippen molar-refractivity contribution in [1.82, 2.24) is 9.55 Å². The number of nitrogens with zero attached hydrogens (tertiary/aromatic N) is 2. The van der Waals surface area contributed by atoms with Gasteiger partial charge in [-0.3, -0.25) is 0 Å². The number of anilines is 1. The molecule has 0 aliphatic rings. The minimum atomic E-state index is 0.809. The van der Waals surface area contributed by atoms with Crippen LogP contribution in [0.3, 0.4) is 0 Å². The fraction of sp³-hybridized carbons (Fsp3) is 0.235. The van der Waals surface area contributed by atoms with Gasteiger partial charge in [0.15, 0.2) is 0 Å². The van der Waals surface area contributed by atoms with E-state index < -0.39 is 0 Å². The predicted molar refractivity (Wildman–Crippen MR) is 83.7 cm³/mol. The lowest BCUT2D eigenvalue weighted by atomic mass is 10.2. The molecule has 2 aromatic carbocycles. The van der Waals surface area contributed by atoms with Gasteiger partial charge in [0.25, 0.3) is 0 Å². The molecule has 0 bridgehead atoms. The fourth-order valence-electron chi connectivity index (χ4n) is 2.59. The van der Waals surface area contributed by atoms with Gasteiger partial charge in [0.1, 0.15) is 5.82 Å². The van der Waals surface area contributed by atoms with Crippen LogP contribution in [-0.2, 0) is 13.0 Å². The average Bonchev–Trinajstić information content (AvgIpc) is 2.78. The van der Waals surface area contributed by atoms with Crippen LogP contribution in [0.1, 0.15) is 24.7 Å². The molecule has 0 amide bonds. The fourth-order valence-corrected chi connectivity index (χ4v) is 2.59. The standard InChI is InChI=1S/C17H19N3/c1-2-6-17-19-15-9-3-4-10-16(15)20(17)12-13-7-5-8-14(18)11-13/h3-5,7-11H,2,6,12,18H2,1H3. The smallest absolute Gasteiger partial charge is 0.110 e. The van der Waals surface area contributed by atoms with Crippen molar-refractivity contribution >= 4 is 16.7 Å². The Bertz CT molecular complexity index is 728. The van der Waals surface area contributed by atoms with E-state index in [0.29, 0.717) is 0 Å². The number of aryl methyl sites for hydroxylation is 1. The maximum atomic E-state index is 5.87. The zero-order chi connectivity index (χ0) is 13.9. The van der Waals surface area contributed by atoms with Gasteiger partial charge in [-0.2, -0.15) is 0 Å². The van der Waals surface area contributed by atoms with Gasteiger partial charge in [-0.25, -0.2) is 4.98 Å². The third-order valence-corrected chi connectivity index (χ3v) is 3.50. The number of para-hydroxylation sites is 2. The molecule has 20 heavy (non-hydrogen) atoms. The number of hydrogen-bond acceptors (Lipinski definition) is 2. The van der Waals surface area contributed by atoms with Crippen molar-refractivity contribution in [2.45, 2.75) is 26.3 Å². The van der Waals surface area contributed by atoms with Crippen molar-refractivity contribution < 1.29 is 0 Å². The Hall–Kier alpha value is -2.29. The van der Waals surface area contributed by atoms with E-state index in [-0.39, 0.29) is 0 Å². The summed E-state index contributed by atoms with van der Waals surface area (Å²) in [6.45, 7) is 3.01. The number of aromatic nitrogens is 2. The van der Waals surface area contributed by atoms with Gasteiger partial charge in [-0.05, 0) is 36.2 Å². The largest absolute Gasteiger partial charge is 0.399 e. The van der Waals surface area contributed by atoms with E-state index in [0.717, 1.165) is 36.4 Å². The van der Waals surface area contributed by atoms with Crippen molar-refractivity contribution in [3.05, 3.63) is 59.9 Å². The van der Waals surface area contributed by atoms with Crippen LogP contribution in [0.2, 0.25) is 0 Å². The zero-order valence-electron chi connectivity index (χ0n) is 11.7. The predicted octanol–water partition coefficient (Wildman–Crippen LogP) is 3.62. The number of benzene rings is 2. The van der Waals surface area contributed by atoms with E-state index in [4.69, 9.17) is 10.7 Å². The zero-order valence-corrected chi connectivity index (χ0v) is 11.7. The summed E-state index contributed by atoms with van der Waals surface area (Å²) in [5.74, 6) is 1.15. The molecule has 0 spiro atoms. The Morgan fingerprint density at radius 2 is 1.95 bits per heavy atom. The van der Waals surface area contributed by atoms with Crippen molar-refractivity contribution in [3.63, 3.8) is 0 Å². The van der Waals surface area contributed by atoms with Crippen LogP contribution in [0.4, 0.5) is 5.69 Å². The molecular formula is C17H19N3. The number of rotatable bonds is 4.